The maximum absolute atomic E-state index is 13.6. The first-order chi connectivity index (χ1) is 22.2. The number of hydrogen-bond donors (Lipinski definition) is 2. The van der Waals surface area contributed by atoms with E-state index >= 15 is 0 Å². The van der Waals surface area contributed by atoms with E-state index < -0.39 is 0 Å². The number of hydrogen-bond acceptors (Lipinski definition) is 8. The second kappa shape index (κ2) is 14.7. The number of halogens is 2. The van der Waals surface area contributed by atoms with Crippen LogP contribution in [0.15, 0.2) is 91.3 Å². The largest absolute Gasteiger partial charge is 0.493 e. The number of anilines is 3. The van der Waals surface area contributed by atoms with Gasteiger partial charge in [0.25, 0.3) is 0 Å². The van der Waals surface area contributed by atoms with Crippen LogP contribution in [0, 0.1) is 5.82 Å². The molecule has 11 heteroatoms. The van der Waals surface area contributed by atoms with Crippen LogP contribution in [0.25, 0.3) is 22.0 Å². The molecule has 0 spiro atoms. The van der Waals surface area contributed by atoms with Crippen molar-refractivity contribution in [2.75, 3.05) is 45.5 Å². The lowest BCUT2D eigenvalue weighted by Gasteiger charge is -2.18. The molecule has 9 nitrogen and oxygen atoms in total. The molecule has 46 heavy (non-hydrogen) atoms. The molecule has 0 atom stereocenters. The fraction of sp³-hybridized carbons (Fsp3) is 0.171. The highest BCUT2D eigenvalue weighted by Gasteiger charge is 2.19. The molecule has 5 rings (SSSR count). The van der Waals surface area contributed by atoms with Gasteiger partial charge in [0.1, 0.15) is 30.3 Å². The minimum atomic E-state index is -0.334. The second-order valence-corrected chi connectivity index (χ2v) is 10.9. The van der Waals surface area contributed by atoms with Gasteiger partial charge < -0.3 is 29.7 Å². The van der Waals surface area contributed by atoms with Crippen LogP contribution in [-0.2, 0) is 11.4 Å². The summed E-state index contributed by atoms with van der Waals surface area (Å²) in [4.78, 5) is 24.0. The van der Waals surface area contributed by atoms with E-state index in [9.17, 15) is 9.18 Å². The van der Waals surface area contributed by atoms with Gasteiger partial charge in [-0.2, -0.15) is 0 Å². The Morgan fingerprint density at radius 1 is 0.957 bits per heavy atom. The second-order valence-electron chi connectivity index (χ2n) is 10.5. The summed E-state index contributed by atoms with van der Waals surface area (Å²) in [5, 5.41) is 7.39. The Labute approximate surface area is 271 Å². The first-order valence-corrected chi connectivity index (χ1v) is 14.7. The number of methoxy groups -OCH3 is 2. The highest BCUT2D eigenvalue weighted by Crippen LogP contribution is 2.42. The van der Waals surface area contributed by atoms with Crippen molar-refractivity contribution < 1.29 is 23.4 Å². The van der Waals surface area contributed by atoms with E-state index in [2.05, 4.69) is 20.6 Å². The molecule has 0 aliphatic rings. The lowest BCUT2D eigenvalue weighted by Crippen LogP contribution is -2.13. The molecule has 0 fully saturated rings. The van der Waals surface area contributed by atoms with Gasteiger partial charge in [0.15, 0.2) is 11.5 Å². The summed E-state index contributed by atoms with van der Waals surface area (Å²) >= 11 is 6.59. The molecule has 1 heterocycles. The van der Waals surface area contributed by atoms with Crippen LogP contribution >= 0.6 is 11.6 Å². The summed E-state index contributed by atoms with van der Waals surface area (Å²) in [6.07, 6.45) is 4.75. The van der Waals surface area contributed by atoms with Crippen LogP contribution in [0.5, 0.6) is 17.2 Å². The standard InChI is InChI=1S/C35H33ClFN5O4/c1-42(2)16-6-9-32(43)41-28-13-12-27-34(33(28)23-10-14-30(44-3)31(18-23)45-4)35(39-21-38-27)40-25-11-15-29(26(36)19-25)46-20-22-7-5-8-24(37)17-22/h5-15,17-19,21H,16,20H2,1-4H3,(H,41,43)(H,38,39,40)/b9-6+. The zero-order chi connectivity index (χ0) is 32.6. The zero-order valence-corrected chi connectivity index (χ0v) is 26.6. The Bertz CT molecular complexity index is 1900. The number of carbonyl (C=O) groups excluding carboxylic acids is 1. The van der Waals surface area contributed by atoms with Crippen LogP contribution in [0.4, 0.5) is 21.6 Å². The first kappa shape index (κ1) is 32.2. The van der Waals surface area contributed by atoms with E-state index in [1.54, 1.807) is 56.7 Å². The molecule has 0 unspecified atom stereocenters. The number of nitrogens with one attached hydrogen (secondary N) is 2. The molecule has 4 aromatic carbocycles. The summed E-state index contributed by atoms with van der Waals surface area (Å²) in [7, 11) is 6.99. The van der Waals surface area contributed by atoms with E-state index in [0.717, 1.165) is 5.56 Å². The fourth-order valence-corrected chi connectivity index (χ4v) is 5.04. The minimum Gasteiger partial charge on any atom is -0.493 e. The molecular formula is C35H33ClFN5O4. The predicted octanol–water partition coefficient (Wildman–Crippen LogP) is 7.49. The summed E-state index contributed by atoms with van der Waals surface area (Å²) in [6, 6.07) is 20.6. The van der Waals surface area contributed by atoms with E-state index in [-0.39, 0.29) is 18.3 Å². The van der Waals surface area contributed by atoms with Gasteiger partial charge in [0.05, 0.1) is 30.1 Å². The molecule has 0 radical (unpaired) electrons. The van der Waals surface area contributed by atoms with Crippen molar-refractivity contribution in [3.05, 3.63) is 108 Å². The topological polar surface area (TPSA) is 97.8 Å². The number of rotatable bonds is 12. The number of carbonyl (C=O) groups is 1. The summed E-state index contributed by atoms with van der Waals surface area (Å²) in [5.41, 5.74) is 3.94. The van der Waals surface area contributed by atoms with Crippen molar-refractivity contribution in [1.29, 1.82) is 0 Å². The molecule has 0 aliphatic carbocycles. The molecule has 236 valence electrons. The Morgan fingerprint density at radius 2 is 1.76 bits per heavy atom. The van der Waals surface area contributed by atoms with Crippen molar-refractivity contribution in [2.45, 2.75) is 6.61 Å². The van der Waals surface area contributed by atoms with Crippen LogP contribution in [0.2, 0.25) is 5.02 Å². The van der Waals surface area contributed by atoms with Crippen molar-refractivity contribution in [3.8, 4) is 28.4 Å². The van der Waals surface area contributed by atoms with Gasteiger partial charge in [-0.15, -0.1) is 0 Å². The number of nitrogens with zero attached hydrogens (tertiary/aromatic N) is 3. The van der Waals surface area contributed by atoms with Gasteiger partial charge in [-0.3, -0.25) is 4.79 Å². The summed E-state index contributed by atoms with van der Waals surface area (Å²) < 4.78 is 30.5. The SMILES string of the molecule is COc1ccc(-c2c(NC(=O)/C=C/CN(C)C)ccc3ncnc(Nc4ccc(OCc5cccc(F)c5)c(Cl)c4)c23)cc1OC. The molecule has 0 saturated carbocycles. The van der Waals surface area contributed by atoms with Gasteiger partial charge in [0, 0.05) is 29.6 Å². The lowest BCUT2D eigenvalue weighted by molar-refractivity contribution is -0.111. The molecule has 2 N–H and O–H groups in total. The van der Waals surface area contributed by atoms with Crippen LogP contribution in [0.1, 0.15) is 5.56 Å². The average Bonchev–Trinajstić information content (AvgIpc) is 3.04. The van der Waals surface area contributed by atoms with Crippen molar-refractivity contribution >= 4 is 45.6 Å². The Hall–Kier alpha value is -5.19. The number of likely N-dealkylation sites (N-methyl/N-ethyl adjacent to an activating group) is 1. The van der Waals surface area contributed by atoms with Crippen LogP contribution in [0.3, 0.4) is 0 Å². The van der Waals surface area contributed by atoms with Crippen molar-refractivity contribution in [3.63, 3.8) is 0 Å². The molecule has 0 aliphatic heterocycles. The van der Waals surface area contributed by atoms with E-state index in [1.165, 1.54) is 24.5 Å². The molecular weight excluding hydrogens is 609 g/mol. The van der Waals surface area contributed by atoms with E-state index in [1.807, 2.05) is 43.3 Å². The maximum Gasteiger partial charge on any atom is 0.248 e. The smallest absolute Gasteiger partial charge is 0.248 e. The van der Waals surface area contributed by atoms with Gasteiger partial charge in [-0.05, 0) is 79.8 Å². The molecule has 0 saturated heterocycles. The zero-order valence-electron chi connectivity index (χ0n) is 25.8. The third-order valence-corrected chi connectivity index (χ3v) is 7.25. The third-order valence-electron chi connectivity index (χ3n) is 6.95. The normalized spacial score (nSPS) is 11.2. The monoisotopic (exact) mass is 641 g/mol. The maximum atomic E-state index is 13.6. The van der Waals surface area contributed by atoms with E-state index in [4.69, 9.17) is 25.8 Å². The molecule has 5 aromatic rings. The van der Waals surface area contributed by atoms with Gasteiger partial charge in [-0.1, -0.05) is 35.9 Å². The summed E-state index contributed by atoms with van der Waals surface area (Å²) in [5.74, 6) is 1.40. The van der Waals surface area contributed by atoms with Gasteiger partial charge in [0.2, 0.25) is 5.91 Å². The highest BCUT2D eigenvalue weighted by molar-refractivity contribution is 6.32. The Kier molecular flexibility index (Phi) is 10.3. The van der Waals surface area contributed by atoms with Crippen molar-refractivity contribution in [2.24, 2.45) is 0 Å². The number of amides is 1. The Balaban J connectivity index is 1.53. The average molecular weight is 642 g/mol. The first-order valence-electron chi connectivity index (χ1n) is 14.3. The van der Waals surface area contributed by atoms with Gasteiger partial charge >= 0.3 is 0 Å². The van der Waals surface area contributed by atoms with E-state index in [0.29, 0.717) is 68.0 Å². The molecule has 1 aromatic heterocycles. The third kappa shape index (κ3) is 7.71. The number of aromatic nitrogens is 2. The predicted molar refractivity (Wildman–Crippen MR) is 180 cm³/mol. The summed E-state index contributed by atoms with van der Waals surface area (Å²) in [6.45, 7) is 0.779. The fourth-order valence-electron chi connectivity index (χ4n) is 4.81. The quantitative estimate of drug-likeness (QED) is 0.135. The van der Waals surface area contributed by atoms with Crippen LogP contribution < -0.4 is 24.8 Å². The number of ether oxygens (including phenoxy) is 3. The number of benzene rings is 4. The van der Waals surface area contributed by atoms with Crippen molar-refractivity contribution in [1.82, 2.24) is 14.9 Å². The number of fused-ring (bicyclic) bond motifs is 1. The highest BCUT2D eigenvalue weighted by atomic mass is 35.5. The van der Waals surface area contributed by atoms with Crippen LogP contribution in [-0.4, -0.2) is 55.6 Å². The minimum absolute atomic E-state index is 0.161. The van der Waals surface area contributed by atoms with Gasteiger partial charge in [-0.25, -0.2) is 14.4 Å². The molecule has 1 amide bonds. The molecule has 0 bridgehead atoms. The Morgan fingerprint density at radius 3 is 2.50 bits per heavy atom. The lowest BCUT2D eigenvalue weighted by atomic mass is 9.97.